The molecule has 0 aromatic carbocycles. The Morgan fingerprint density at radius 3 is 3.00 bits per heavy atom. The number of nitriles is 1. The molecule has 1 atom stereocenters. The molecular weight excluding hydrogens is 178 g/mol. The number of aromatic nitrogens is 2. The maximum atomic E-state index is 9.00. The fraction of sp³-hybridized carbons (Fsp3) is 0.200. The molecular formula is C10H9N3O. The van der Waals surface area contributed by atoms with Gasteiger partial charge in [-0.1, -0.05) is 0 Å². The molecule has 0 aliphatic heterocycles. The zero-order valence-electron chi connectivity index (χ0n) is 7.71. The van der Waals surface area contributed by atoms with Crippen molar-refractivity contribution in [2.75, 3.05) is 0 Å². The summed E-state index contributed by atoms with van der Waals surface area (Å²) in [5.41, 5.74) is 0.900. The number of oxazole rings is 1. The minimum absolute atomic E-state index is 0.411. The normalized spacial score (nSPS) is 12.3. The fourth-order valence-corrected chi connectivity index (χ4v) is 1.34. The summed E-state index contributed by atoms with van der Waals surface area (Å²) < 4.78 is 7.00. The van der Waals surface area contributed by atoms with Gasteiger partial charge in [-0.2, -0.15) is 5.26 Å². The third-order valence-corrected chi connectivity index (χ3v) is 2.02. The number of hydrogen-bond acceptors (Lipinski definition) is 3. The van der Waals surface area contributed by atoms with Gasteiger partial charge in [0.2, 0.25) is 5.89 Å². The lowest BCUT2D eigenvalue weighted by Gasteiger charge is -2.00. The van der Waals surface area contributed by atoms with Gasteiger partial charge < -0.3 is 8.98 Å². The fourth-order valence-electron chi connectivity index (χ4n) is 1.34. The van der Waals surface area contributed by atoms with Crippen LogP contribution in [0.25, 0.3) is 0 Å². The Morgan fingerprint density at radius 1 is 1.64 bits per heavy atom. The van der Waals surface area contributed by atoms with E-state index in [9.17, 15) is 0 Å². The molecule has 0 radical (unpaired) electrons. The molecule has 0 aliphatic carbocycles. The molecule has 2 rings (SSSR count). The van der Waals surface area contributed by atoms with Crippen molar-refractivity contribution in [1.82, 2.24) is 9.55 Å². The van der Waals surface area contributed by atoms with Gasteiger partial charge in [0.15, 0.2) is 0 Å². The van der Waals surface area contributed by atoms with Crippen LogP contribution in [0.1, 0.15) is 17.4 Å². The van der Waals surface area contributed by atoms with E-state index in [1.807, 2.05) is 30.1 Å². The highest BCUT2D eigenvalue weighted by Crippen LogP contribution is 2.22. The monoisotopic (exact) mass is 187 g/mol. The summed E-state index contributed by atoms with van der Waals surface area (Å²) in [5.74, 6) is 0.0323. The Balaban J connectivity index is 2.37. The van der Waals surface area contributed by atoms with Crippen molar-refractivity contribution < 1.29 is 4.42 Å². The number of rotatable bonds is 2. The lowest BCUT2D eigenvalue weighted by atomic mass is 10.0. The maximum absolute atomic E-state index is 9.00. The van der Waals surface area contributed by atoms with E-state index in [0.29, 0.717) is 5.89 Å². The van der Waals surface area contributed by atoms with Gasteiger partial charge in [-0.3, -0.25) is 0 Å². The Bertz CT molecular complexity index is 450. The van der Waals surface area contributed by atoms with Crippen molar-refractivity contribution in [1.29, 1.82) is 5.26 Å². The Morgan fingerprint density at radius 2 is 2.50 bits per heavy atom. The molecule has 4 nitrogen and oxygen atoms in total. The minimum Gasteiger partial charge on any atom is -0.447 e. The molecule has 0 saturated carbocycles. The molecule has 4 heteroatoms. The predicted molar refractivity (Wildman–Crippen MR) is 49.4 cm³/mol. The van der Waals surface area contributed by atoms with Gasteiger partial charge in [0.25, 0.3) is 0 Å². The molecule has 0 saturated heterocycles. The van der Waals surface area contributed by atoms with Gasteiger partial charge >= 0.3 is 0 Å². The average Bonchev–Trinajstić information content (AvgIpc) is 2.79. The lowest BCUT2D eigenvalue weighted by molar-refractivity contribution is 0.494. The summed E-state index contributed by atoms with van der Waals surface area (Å²) >= 11 is 0. The highest BCUT2D eigenvalue weighted by Gasteiger charge is 2.18. The van der Waals surface area contributed by atoms with Crippen LogP contribution >= 0.6 is 0 Å². The Hall–Kier alpha value is -2.02. The summed E-state index contributed by atoms with van der Waals surface area (Å²) in [5, 5.41) is 9.00. The van der Waals surface area contributed by atoms with Crippen LogP contribution in [-0.4, -0.2) is 9.55 Å². The lowest BCUT2D eigenvalue weighted by Crippen LogP contribution is -1.96. The second kappa shape index (κ2) is 3.38. The summed E-state index contributed by atoms with van der Waals surface area (Å²) in [7, 11) is 1.91. The highest BCUT2D eigenvalue weighted by atomic mass is 16.3. The van der Waals surface area contributed by atoms with Crippen LogP contribution < -0.4 is 0 Å². The van der Waals surface area contributed by atoms with Crippen LogP contribution in [0.5, 0.6) is 0 Å². The van der Waals surface area contributed by atoms with E-state index >= 15 is 0 Å². The Kier molecular flexibility index (Phi) is 2.07. The predicted octanol–water partition coefficient (Wildman–Crippen LogP) is 1.67. The van der Waals surface area contributed by atoms with E-state index in [1.54, 1.807) is 6.20 Å². The van der Waals surface area contributed by atoms with Gasteiger partial charge in [0.05, 0.1) is 12.3 Å². The molecule has 2 aromatic heterocycles. The van der Waals surface area contributed by atoms with Crippen LogP contribution in [0.15, 0.2) is 35.3 Å². The number of aryl methyl sites for hydroxylation is 1. The smallest absolute Gasteiger partial charge is 0.215 e. The quantitative estimate of drug-likeness (QED) is 0.718. The molecule has 14 heavy (non-hydrogen) atoms. The minimum atomic E-state index is -0.411. The van der Waals surface area contributed by atoms with Crippen molar-refractivity contribution in [3.8, 4) is 6.07 Å². The van der Waals surface area contributed by atoms with E-state index < -0.39 is 5.92 Å². The zero-order valence-corrected chi connectivity index (χ0v) is 7.71. The SMILES string of the molecule is Cn1ccc(C(C#N)c2ncco2)c1. The van der Waals surface area contributed by atoms with Crippen molar-refractivity contribution >= 4 is 0 Å². The molecule has 0 aliphatic rings. The van der Waals surface area contributed by atoms with Gasteiger partial charge in [0.1, 0.15) is 12.2 Å². The van der Waals surface area contributed by atoms with Crippen LogP contribution in [0, 0.1) is 11.3 Å². The largest absolute Gasteiger partial charge is 0.447 e. The average molecular weight is 187 g/mol. The maximum Gasteiger partial charge on any atom is 0.215 e. The topological polar surface area (TPSA) is 54.8 Å². The summed E-state index contributed by atoms with van der Waals surface area (Å²) in [4.78, 5) is 3.97. The first kappa shape index (κ1) is 8.57. The van der Waals surface area contributed by atoms with Crippen LogP contribution in [-0.2, 0) is 7.05 Å². The van der Waals surface area contributed by atoms with Crippen LogP contribution in [0.4, 0.5) is 0 Å². The number of hydrogen-bond donors (Lipinski definition) is 0. The molecule has 0 bridgehead atoms. The van der Waals surface area contributed by atoms with Crippen LogP contribution in [0.2, 0.25) is 0 Å². The van der Waals surface area contributed by atoms with E-state index in [1.165, 1.54) is 6.26 Å². The molecule has 0 amide bonds. The molecule has 2 aromatic rings. The Labute approximate surface area is 81.4 Å². The van der Waals surface area contributed by atoms with Gasteiger partial charge in [-0.15, -0.1) is 0 Å². The van der Waals surface area contributed by atoms with Crippen LogP contribution in [0.3, 0.4) is 0 Å². The molecule has 0 fully saturated rings. The summed E-state index contributed by atoms with van der Waals surface area (Å²) in [6, 6.07) is 4.05. The third kappa shape index (κ3) is 1.40. The molecule has 0 spiro atoms. The molecule has 70 valence electrons. The number of nitrogens with zero attached hydrogens (tertiary/aromatic N) is 3. The van der Waals surface area contributed by atoms with E-state index in [0.717, 1.165) is 5.56 Å². The first-order valence-electron chi connectivity index (χ1n) is 4.22. The second-order valence-electron chi connectivity index (χ2n) is 3.04. The van der Waals surface area contributed by atoms with Gasteiger partial charge in [-0.05, 0) is 11.6 Å². The van der Waals surface area contributed by atoms with E-state index in [4.69, 9.17) is 9.68 Å². The van der Waals surface area contributed by atoms with Crippen molar-refractivity contribution in [2.24, 2.45) is 7.05 Å². The highest BCUT2D eigenvalue weighted by molar-refractivity contribution is 5.28. The van der Waals surface area contributed by atoms with E-state index in [-0.39, 0.29) is 0 Å². The molecule has 0 N–H and O–H groups in total. The van der Waals surface area contributed by atoms with Crippen molar-refractivity contribution in [3.63, 3.8) is 0 Å². The standard InChI is InChI=1S/C10H9N3O/c1-13-4-2-8(7-13)9(6-11)10-12-3-5-14-10/h2-5,7,9H,1H3. The molecule has 2 heterocycles. The van der Waals surface area contributed by atoms with Crippen molar-refractivity contribution in [3.05, 3.63) is 42.4 Å². The zero-order chi connectivity index (χ0) is 9.97. The third-order valence-electron chi connectivity index (χ3n) is 2.02. The summed E-state index contributed by atoms with van der Waals surface area (Å²) in [6.45, 7) is 0. The first-order valence-corrected chi connectivity index (χ1v) is 4.22. The van der Waals surface area contributed by atoms with Crippen molar-refractivity contribution in [2.45, 2.75) is 5.92 Å². The summed E-state index contributed by atoms with van der Waals surface area (Å²) in [6.07, 6.45) is 6.80. The van der Waals surface area contributed by atoms with E-state index in [2.05, 4.69) is 11.1 Å². The molecule has 1 unspecified atom stereocenters. The van der Waals surface area contributed by atoms with Gasteiger partial charge in [-0.25, -0.2) is 4.98 Å². The first-order chi connectivity index (χ1) is 6.81. The second-order valence-corrected chi connectivity index (χ2v) is 3.04. The van der Waals surface area contributed by atoms with Gasteiger partial charge in [0, 0.05) is 19.4 Å².